The lowest BCUT2D eigenvalue weighted by atomic mass is 9.71. The van der Waals surface area contributed by atoms with Crippen molar-refractivity contribution in [3.05, 3.63) is 0 Å². The van der Waals surface area contributed by atoms with Gasteiger partial charge in [-0.1, -0.05) is 32.3 Å². The fraction of sp³-hybridized carbons (Fsp3) is 0.857. The van der Waals surface area contributed by atoms with Gasteiger partial charge in [0.1, 0.15) is 0 Å². The van der Waals surface area contributed by atoms with Gasteiger partial charge in [0, 0.05) is 5.92 Å². The molecule has 1 atom stereocenters. The molecule has 1 fully saturated rings. The molecule has 4 nitrogen and oxygen atoms in total. The topological polar surface area (TPSA) is 58.9 Å². The molecule has 0 saturated heterocycles. The maximum Gasteiger partial charge on any atom is 0.350 e. The van der Waals surface area contributed by atoms with Crippen molar-refractivity contribution in [2.45, 2.75) is 65.9 Å². The van der Waals surface area contributed by atoms with E-state index in [0.29, 0.717) is 5.92 Å². The first-order chi connectivity index (χ1) is 8.14. The average molecular weight is 255 g/mol. The molecule has 104 valence electrons. The van der Waals surface area contributed by atoms with Crippen molar-refractivity contribution < 1.29 is 14.7 Å². The Labute approximate surface area is 109 Å². The van der Waals surface area contributed by atoms with E-state index in [1.807, 2.05) is 0 Å². The van der Waals surface area contributed by atoms with Crippen molar-refractivity contribution in [3.63, 3.8) is 0 Å². The Kier molecular flexibility index (Phi) is 4.41. The van der Waals surface area contributed by atoms with Crippen LogP contribution in [0.2, 0.25) is 0 Å². The van der Waals surface area contributed by atoms with Crippen LogP contribution in [0, 0.1) is 11.3 Å². The average Bonchev–Trinajstić information content (AvgIpc) is 2.25. The molecule has 1 N–H and O–H groups in total. The van der Waals surface area contributed by atoms with E-state index in [1.165, 1.54) is 20.3 Å². The Bertz CT molecular complexity index is 339. The predicted molar refractivity (Wildman–Crippen MR) is 71.6 cm³/mol. The molecule has 1 saturated carbocycles. The Balaban J connectivity index is 2.82. The number of carboxylic acid groups (broad SMARTS) is 1. The Hall–Kier alpha value is -1.06. The van der Waals surface area contributed by atoms with Crippen molar-refractivity contribution >= 4 is 11.7 Å². The number of nitrogens with zero attached hydrogens (tertiary/aromatic N) is 1. The third-order valence-electron chi connectivity index (χ3n) is 3.53. The van der Waals surface area contributed by atoms with Gasteiger partial charge in [0.05, 0.1) is 5.71 Å². The zero-order valence-corrected chi connectivity index (χ0v) is 12.1. The molecule has 0 bridgehead atoms. The molecule has 18 heavy (non-hydrogen) atoms. The molecule has 0 spiro atoms. The van der Waals surface area contributed by atoms with E-state index in [2.05, 4.69) is 25.9 Å². The fourth-order valence-electron chi connectivity index (χ4n) is 2.25. The first kappa shape index (κ1) is 15.0. The van der Waals surface area contributed by atoms with Crippen LogP contribution in [0.3, 0.4) is 0 Å². The second kappa shape index (κ2) is 5.29. The van der Waals surface area contributed by atoms with E-state index in [-0.39, 0.29) is 5.41 Å². The summed E-state index contributed by atoms with van der Waals surface area (Å²) < 4.78 is 0. The van der Waals surface area contributed by atoms with Gasteiger partial charge in [0.2, 0.25) is 5.60 Å². The van der Waals surface area contributed by atoms with Crippen LogP contribution in [0.25, 0.3) is 0 Å². The van der Waals surface area contributed by atoms with Gasteiger partial charge in [-0.3, -0.25) is 0 Å². The van der Waals surface area contributed by atoms with E-state index in [0.717, 1.165) is 25.0 Å². The Morgan fingerprint density at radius 3 is 2.39 bits per heavy atom. The number of aliphatic carboxylic acids is 1. The molecule has 1 aliphatic rings. The van der Waals surface area contributed by atoms with Gasteiger partial charge in [0.15, 0.2) is 0 Å². The van der Waals surface area contributed by atoms with Crippen LogP contribution in [0.4, 0.5) is 0 Å². The van der Waals surface area contributed by atoms with Gasteiger partial charge in [-0.05, 0) is 38.5 Å². The largest absolute Gasteiger partial charge is 0.478 e. The maximum atomic E-state index is 11.0. The highest BCUT2D eigenvalue weighted by molar-refractivity contribution is 5.87. The summed E-state index contributed by atoms with van der Waals surface area (Å²) in [6.07, 6.45) is 4.35. The zero-order valence-electron chi connectivity index (χ0n) is 12.1. The van der Waals surface area contributed by atoms with Crippen molar-refractivity contribution in [2.75, 3.05) is 0 Å². The van der Waals surface area contributed by atoms with Gasteiger partial charge < -0.3 is 9.94 Å². The monoisotopic (exact) mass is 255 g/mol. The highest BCUT2D eigenvalue weighted by atomic mass is 16.7. The number of carboxylic acids is 1. The highest BCUT2D eigenvalue weighted by Crippen LogP contribution is 2.36. The lowest BCUT2D eigenvalue weighted by Crippen LogP contribution is -2.35. The van der Waals surface area contributed by atoms with E-state index < -0.39 is 11.6 Å². The fourth-order valence-corrected chi connectivity index (χ4v) is 2.25. The standard InChI is InChI=1S/C14H25NO3/c1-13(2,3)10-8-6-7-9-11(10)15-18-14(4,5)12(16)17/h10H,6-9H2,1-5H3,(H,16,17)/b15-11+. The van der Waals surface area contributed by atoms with Gasteiger partial charge in [-0.15, -0.1) is 0 Å². The predicted octanol–water partition coefficient (Wildman–Crippen LogP) is 3.46. The normalized spacial score (nSPS) is 24.1. The molecule has 0 heterocycles. The molecule has 0 aromatic heterocycles. The molecule has 1 rings (SSSR count). The molecule has 4 heteroatoms. The van der Waals surface area contributed by atoms with Crippen molar-refractivity contribution in [3.8, 4) is 0 Å². The molecule has 0 aliphatic heterocycles. The summed E-state index contributed by atoms with van der Waals surface area (Å²) in [7, 11) is 0. The first-order valence-electron chi connectivity index (χ1n) is 6.63. The van der Waals surface area contributed by atoms with Gasteiger partial charge in [-0.25, -0.2) is 4.79 Å². The molecular weight excluding hydrogens is 230 g/mol. The lowest BCUT2D eigenvalue weighted by Gasteiger charge is -2.35. The number of oxime groups is 1. The van der Waals surface area contributed by atoms with Crippen LogP contribution in [0.15, 0.2) is 5.16 Å². The number of carbonyl (C=O) groups is 1. The second-order valence-electron chi connectivity index (χ2n) is 6.65. The number of hydrogen-bond donors (Lipinski definition) is 1. The van der Waals surface area contributed by atoms with Crippen molar-refractivity contribution in [1.82, 2.24) is 0 Å². The quantitative estimate of drug-likeness (QED) is 0.786. The van der Waals surface area contributed by atoms with Crippen molar-refractivity contribution in [1.29, 1.82) is 0 Å². The van der Waals surface area contributed by atoms with Crippen LogP contribution in [0.5, 0.6) is 0 Å². The lowest BCUT2D eigenvalue weighted by molar-refractivity contribution is -0.161. The van der Waals surface area contributed by atoms with Crippen LogP contribution in [-0.4, -0.2) is 22.4 Å². The van der Waals surface area contributed by atoms with Gasteiger partial charge >= 0.3 is 5.97 Å². The highest BCUT2D eigenvalue weighted by Gasteiger charge is 2.34. The number of rotatable bonds is 3. The minimum Gasteiger partial charge on any atom is -0.478 e. The molecule has 1 aliphatic carbocycles. The smallest absolute Gasteiger partial charge is 0.350 e. The van der Waals surface area contributed by atoms with Crippen LogP contribution in [-0.2, 0) is 9.63 Å². The second-order valence-corrected chi connectivity index (χ2v) is 6.65. The summed E-state index contributed by atoms with van der Waals surface area (Å²) in [5.74, 6) is -0.606. The van der Waals surface area contributed by atoms with Crippen LogP contribution >= 0.6 is 0 Å². The molecule has 0 radical (unpaired) electrons. The number of hydrogen-bond acceptors (Lipinski definition) is 3. The van der Waals surface area contributed by atoms with Gasteiger partial charge in [-0.2, -0.15) is 0 Å². The molecule has 0 amide bonds. The minimum absolute atomic E-state index is 0.149. The third kappa shape index (κ3) is 3.72. The maximum absolute atomic E-state index is 11.0. The summed E-state index contributed by atoms with van der Waals surface area (Å²) in [5, 5.41) is 13.2. The molecule has 1 unspecified atom stereocenters. The van der Waals surface area contributed by atoms with E-state index in [1.54, 1.807) is 0 Å². The van der Waals surface area contributed by atoms with Crippen molar-refractivity contribution in [2.24, 2.45) is 16.5 Å². The van der Waals surface area contributed by atoms with Crippen LogP contribution < -0.4 is 0 Å². The SMILES string of the molecule is CC(C)(O/N=C1\CCCCC1C(C)(C)C)C(=O)O. The molecular formula is C14H25NO3. The Morgan fingerprint density at radius 1 is 1.28 bits per heavy atom. The zero-order chi connectivity index (χ0) is 14.0. The van der Waals surface area contributed by atoms with E-state index >= 15 is 0 Å². The molecule has 0 aromatic carbocycles. The minimum atomic E-state index is -1.26. The van der Waals surface area contributed by atoms with Gasteiger partial charge in [0.25, 0.3) is 0 Å². The third-order valence-corrected chi connectivity index (χ3v) is 3.53. The summed E-state index contributed by atoms with van der Waals surface area (Å²) in [6.45, 7) is 9.63. The molecule has 0 aromatic rings. The van der Waals surface area contributed by atoms with E-state index in [9.17, 15) is 4.79 Å². The summed E-state index contributed by atoms with van der Waals surface area (Å²) in [5.41, 5.74) is -0.0915. The Morgan fingerprint density at radius 2 is 1.89 bits per heavy atom. The summed E-state index contributed by atoms with van der Waals surface area (Å²) in [6, 6.07) is 0. The van der Waals surface area contributed by atoms with E-state index in [4.69, 9.17) is 9.94 Å². The summed E-state index contributed by atoms with van der Waals surface area (Å²) >= 11 is 0. The first-order valence-corrected chi connectivity index (χ1v) is 6.63. The summed E-state index contributed by atoms with van der Waals surface area (Å²) in [4.78, 5) is 16.2. The van der Waals surface area contributed by atoms with Crippen LogP contribution in [0.1, 0.15) is 60.3 Å².